The highest BCUT2D eigenvalue weighted by molar-refractivity contribution is 7.99. The summed E-state index contributed by atoms with van der Waals surface area (Å²) in [7, 11) is 0. The Labute approximate surface area is 206 Å². The predicted octanol–water partition coefficient (Wildman–Crippen LogP) is 4.23. The van der Waals surface area contributed by atoms with Crippen LogP contribution in [0.4, 0.5) is 0 Å². The predicted molar refractivity (Wildman–Crippen MR) is 139 cm³/mol. The van der Waals surface area contributed by atoms with E-state index < -0.39 is 0 Å². The number of hydrogen-bond donors (Lipinski definition) is 1. The van der Waals surface area contributed by atoms with Crippen LogP contribution in [0.2, 0.25) is 0 Å². The molecule has 0 saturated heterocycles. The Morgan fingerprint density at radius 1 is 0.943 bits per heavy atom. The zero-order chi connectivity index (χ0) is 24.2. The smallest absolute Gasteiger partial charge is 0.263 e. The molecule has 2 aromatic heterocycles. The number of nitrogens with zero attached hydrogens (tertiary/aromatic N) is 4. The van der Waals surface area contributed by atoms with E-state index in [1.807, 2.05) is 83.3 Å². The van der Waals surface area contributed by atoms with Crippen LogP contribution in [0.25, 0.3) is 16.7 Å². The van der Waals surface area contributed by atoms with Gasteiger partial charge in [0.1, 0.15) is 0 Å². The van der Waals surface area contributed by atoms with E-state index in [-0.39, 0.29) is 23.3 Å². The van der Waals surface area contributed by atoms with Crippen molar-refractivity contribution in [2.24, 2.45) is 0 Å². The van der Waals surface area contributed by atoms with Crippen molar-refractivity contribution in [3.63, 3.8) is 0 Å². The summed E-state index contributed by atoms with van der Waals surface area (Å²) in [6.45, 7) is 4.06. The highest BCUT2D eigenvalue weighted by Gasteiger charge is 2.19. The summed E-state index contributed by atoms with van der Waals surface area (Å²) in [6.07, 6.45) is 1.65. The first-order valence-electron chi connectivity index (χ1n) is 11.2. The number of carbonyl (C=O) groups is 1. The van der Waals surface area contributed by atoms with Gasteiger partial charge in [0.25, 0.3) is 5.56 Å². The molecule has 35 heavy (non-hydrogen) atoms. The van der Waals surface area contributed by atoms with Crippen molar-refractivity contribution in [1.82, 2.24) is 24.5 Å². The molecule has 0 radical (unpaired) electrons. The maximum Gasteiger partial charge on any atom is 0.263 e. The summed E-state index contributed by atoms with van der Waals surface area (Å²) in [6, 6.07) is 26.8. The molecule has 5 aromatic rings. The Balaban J connectivity index is 1.44. The van der Waals surface area contributed by atoms with Gasteiger partial charge in [-0.05, 0) is 23.3 Å². The lowest BCUT2D eigenvalue weighted by Crippen LogP contribution is -2.30. The Morgan fingerprint density at radius 3 is 2.23 bits per heavy atom. The fourth-order valence-corrected chi connectivity index (χ4v) is 4.85. The summed E-state index contributed by atoms with van der Waals surface area (Å²) in [5.41, 5.74) is 2.56. The zero-order valence-corrected chi connectivity index (χ0v) is 19.7. The summed E-state index contributed by atoms with van der Waals surface area (Å²) < 4.78 is 3.36. The van der Waals surface area contributed by atoms with Crippen LogP contribution >= 0.6 is 11.8 Å². The van der Waals surface area contributed by atoms with Crippen LogP contribution in [0.5, 0.6) is 0 Å². The van der Waals surface area contributed by atoms with Crippen molar-refractivity contribution in [1.29, 1.82) is 0 Å². The number of fused-ring (bicyclic) bond motifs is 3. The molecule has 0 bridgehead atoms. The van der Waals surface area contributed by atoms with Crippen molar-refractivity contribution in [3.8, 4) is 0 Å². The van der Waals surface area contributed by atoms with Crippen molar-refractivity contribution >= 4 is 34.3 Å². The van der Waals surface area contributed by atoms with Crippen LogP contribution in [-0.4, -0.2) is 30.8 Å². The summed E-state index contributed by atoms with van der Waals surface area (Å²) in [5.74, 6) is 0.433. The average molecular weight is 482 g/mol. The molecule has 3 aromatic carbocycles. The molecule has 0 saturated carbocycles. The summed E-state index contributed by atoms with van der Waals surface area (Å²) in [4.78, 5) is 26.0. The molecule has 0 aliphatic carbocycles. The molecule has 8 heteroatoms. The molecule has 0 spiro atoms. The van der Waals surface area contributed by atoms with Crippen LogP contribution in [-0.2, 0) is 11.3 Å². The first-order valence-corrected chi connectivity index (χ1v) is 12.2. The molecule has 174 valence electrons. The molecule has 0 unspecified atom stereocenters. The minimum atomic E-state index is -0.265. The van der Waals surface area contributed by atoms with Gasteiger partial charge in [-0.1, -0.05) is 90.6 Å². The highest BCUT2D eigenvalue weighted by atomic mass is 32.2. The van der Waals surface area contributed by atoms with Gasteiger partial charge in [0.15, 0.2) is 5.16 Å². The van der Waals surface area contributed by atoms with Gasteiger partial charge in [0.2, 0.25) is 11.7 Å². The molecule has 1 N–H and O–H groups in total. The minimum Gasteiger partial charge on any atom is -0.344 e. The van der Waals surface area contributed by atoms with E-state index in [9.17, 15) is 9.59 Å². The van der Waals surface area contributed by atoms with Crippen LogP contribution in [0.3, 0.4) is 0 Å². The Hall–Kier alpha value is -4.17. The van der Waals surface area contributed by atoms with Gasteiger partial charge >= 0.3 is 0 Å². The Morgan fingerprint density at radius 2 is 1.57 bits per heavy atom. The standard InChI is InChI=1S/C27H23N5O2S/c1-2-17-31-25(34)21-15-9-10-16-22(21)32-26(31)29-30-27(32)35-18-23(33)28-24(19-11-5-3-6-12-19)20-13-7-4-8-14-20/h2-16,24H,1,17-18H2,(H,28,33). The van der Waals surface area contributed by atoms with Crippen molar-refractivity contribution in [3.05, 3.63) is 119 Å². The Kier molecular flexibility index (Phi) is 6.45. The fraction of sp³-hybridized carbons (Fsp3) is 0.111. The third-order valence-electron chi connectivity index (χ3n) is 5.69. The van der Waals surface area contributed by atoms with E-state index in [0.29, 0.717) is 28.4 Å². The van der Waals surface area contributed by atoms with Gasteiger partial charge < -0.3 is 5.32 Å². The number of benzene rings is 3. The lowest BCUT2D eigenvalue weighted by Gasteiger charge is -2.19. The molecule has 1 amide bonds. The lowest BCUT2D eigenvalue weighted by molar-refractivity contribution is -0.119. The maximum atomic E-state index is 13.1. The Bertz CT molecular complexity index is 1520. The van der Waals surface area contributed by atoms with Crippen molar-refractivity contribution in [2.75, 3.05) is 5.75 Å². The topological polar surface area (TPSA) is 81.3 Å². The zero-order valence-electron chi connectivity index (χ0n) is 18.9. The number of hydrogen-bond acceptors (Lipinski definition) is 5. The number of aromatic nitrogens is 4. The number of allylic oxidation sites excluding steroid dienone is 1. The number of carbonyl (C=O) groups excluding carboxylic acids is 1. The molecular weight excluding hydrogens is 458 g/mol. The molecule has 2 heterocycles. The van der Waals surface area contributed by atoms with Crippen molar-refractivity contribution < 1.29 is 4.79 Å². The number of amides is 1. The van der Waals surface area contributed by atoms with Crippen LogP contribution in [0, 0.1) is 0 Å². The second-order valence-electron chi connectivity index (χ2n) is 7.95. The first-order chi connectivity index (χ1) is 17.2. The summed E-state index contributed by atoms with van der Waals surface area (Å²) in [5, 5.41) is 12.8. The molecule has 5 rings (SSSR count). The van der Waals surface area contributed by atoms with E-state index in [1.165, 1.54) is 16.3 Å². The second kappa shape index (κ2) is 9.99. The third-order valence-corrected chi connectivity index (χ3v) is 6.62. The van der Waals surface area contributed by atoms with Crippen molar-refractivity contribution in [2.45, 2.75) is 17.7 Å². The maximum absolute atomic E-state index is 13.1. The van der Waals surface area contributed by atoms with E-state index in [0.717, 1.165) is 11.1 Å². The van der Waals surface area contributed by atoms with Gasteiger partial charge in [0.05, 0.1) is 22.7 Å². The summed E-state index contributed by atoms with van der Waals surface area (Å²) >= 11 is 1.28. The van der Waals surface area contributed by atoms with E-state index in [1.54, 1.807) is 12.1 Å². The SMILES string of the molecule is C=CCn1c(=O)c2ccccc2n2c(SCC(=O)NC(c3ccccc3)c3ccccc3)nnc12. The molecule has 0 aliphatic rings. The van der Waals surface area contributed by atoms with E-state index in [4.69, 9.17) is 0 Å². The quantitative estimate of drug-likeness (QED) is 0.265. The first kappa shape index (κ1) is 22.6. The monoisotopic (exact) mass is 481 g/mol. The van der Waals surface area contributed by atoms with Gasteiger partial charge in [-0.25, -0.2) is 0 Å². The number of thioether (sulfide) groups is 1. The highest BCUT2D eigenvalue weighted by Crippen LogP contribution is 2.24. The van der Waals surface area contributed by atoms with Crippen LogP contribution < -0.4 is 10.9 Å². The molecule has 0 aliphatic heterocycles. The second-order valence-corrected chi connectivity index (χ2v) is 8.89. The number of nitrogens with one attached hydrogen (secondary N) is 1. The van der Waals surface area contributed by atoms with E-state index in [2.05, 4.69) is 22.1 Å². The van der Waals surface area contributed by atoms with E-state index >= 15 is 0 Å². The molecule has 7 nitrogen and oxygen atoms in total. The number of para-hydroxylation sites is 1. The normalized spacial score (nSPS) is 11.2. The van der Waals surface area contributed by atoms with Crippen LogP contribution in [0.1, 0.15) is 17.2 Å². The van der Waals surface area contributed by atoms with Gasteiger partial charge in [-0.2, -0.15) is 0 Å². The largest absolute Gasteiger partial charge is 0.344 e. The third kappa shape index (κ3) is 4.48. The fourth-order valence-electron chi connectivity index (χ4n) is 4.10. The average Bonchev–Trinajstić information content (AvgIpc) is 3.33. The van der Waals surface area contributed by atoms with Gasteiger partial charge in [0, 0.05) is 6.54 Å². The van der Waals surface area contributed by atoms with Gasteiger partial charge in [-0.15, -0.1) is 16.8 Å². The lowest BCUT2D eigenvalue weighted by atomic mass is 9.99. The molecule has 0 atom stereocenters. The minimum absolute atomic E-state index is 0.131. The van der Waals surface area contributed by atoms with Gasteiger partial charge in [-0.3, -0.25) is 18.6 Å². The molecule has 0 fully saturated rings. The molecular formula is C27H23N5O2S. The number of rotatable bonds is 8. The van der Waals surface area contributed by atoms with Crippen LogP contribution in [0.15, 0.2) is 108 Å².